The van der Waals surface area contributed by atoms with Gasteiger partial charge in [-0.3, -0.25) is 0 Å². The van der Waals surface area contributed by atoms with Gasteiger partial charge >= 0.3 is 0 Å². The van der Waals surface area contributed by atoms with Crippen LogP contribution in [0, 0.1) is 13.8 Å². The van der Waals surface area contributed by atoms with Crippen LogP contribution in [0.4, 0.5) is 0 Å². The predicted octanol–water partition coefficient (Wildman–Crippen LogP) is 3.99. The van der Waals surface area contributed by atoms with Crippen molar-refractivity contribution in [2.45, 2.75) is 33.2 Å². The van der Waals surface area contributed by atoms with Crippen molar-refractivity contribution in [2.75, 3.05) is 6.54 Å². The molecule has 0 spiro atoms. The molecular formula is C16H21NO. The normalized spacial score (nSPS) is 12.6. The van der Waals surface area contributed by atoms with E-state index in [1.165, 1.54) is 22.3 Å². The molecule has 0 saturated heterocycles. The fraction of sp³-hybridized carbons (Fsp3) is 0.375. The maximum absolute atomic E-state index is 5.22. The lowest BCUT2D eigenvalue weighted by Gasteiger charge is -2.18. The van der Waals surface area contributed by atoms with Crippen LogP contribution < -0.4 is 5.32 Å². The van der Waals surface area contributed by atoms with E-state index in [-0.39, 0.29) is 6.04 Å². The van der Waals surface area contributed by atoms with Crippen LogP contribution in [0.1, 0.15) is 41.6 Å². The van der Waals surface area contributed by atoms with Crippen molar-refractivity contribution in [1.82, 2.24) is 5.32 Å². The van der Waals surface area contributed by atoms with E-state index < -0.39 is 0 Å². The molecule has 18 heavy (non-hydrogen) atoms. The molecule has 2 heteroatoms. The summed E-state index contributed by atoms with van der Waals surface area (Å²) in [5.41, 5.74) is 5.10. The highest BCUT2D eigenvalue weighted by atomic mass is 16.3. The summed E-state index contributed by atoms with van der Waals surface area (Å²) in [4.78, 5) is 0. The Morgan fingerprint density at radius 1 is 1.11 bits per heavy atom. The first-order valence-electron chi connectivity index (χ1n) is 6.54. The molecule has 0 aliphatic carbocycles. The monoisotopic (exact) mass is 243 g/mol. The van der Waals surface area contributed by atoms with Crippen LogP contribution >= 0.6 is 0 Å². The highest BCUT2D eigenvalue weighted by Crippen LogP contribution is 2.24. The van der Waals surface area contributed by atoms with Gasteiger partial charge in [0.2, 0.25) is 0 Å². The fourth-order valence-corrected chi connectivity index (χ4v) is 2.33. The Bertz CT molecular complexity index is 468. The summed E-state index contributed by atoms with van der Waals surface area (Å²) in [5.74, 6) is 0. The van der Waals surface area contributed by atoms with E-state index in [0.717, 1.165) is 13.0 Å². The van der Waals surface area contributed by atoms with Gasteiger partial charge in [0.1, 0.15) is 0 Å². The third-order valence-electron chi connectivity index (χ3n) is 3.05. The average Bonchev–Trinajstić information content (AvgIpc) is 2.82. The quantitative estimate of drug-likeness (QED) is 0.859. The van der Waals surface area contributed by atoms with Gasteiger partial charge in [-0.2, -0.15) is 0 Å². The zero-order chi connectivity index (χ0) is 13.0. The van der Waals surface area contributed by atoms with Crippen LogP contribution in [-0.4, -0.2) is 6.54 Å². The molecule has 1 atom stereocenters. The van der Waals surface area contributed by atoms with E-state index >= 15 is 0 Å². The lowest BCUT2D eigenvalue weighted by atomic mass is 9.97. The molecule has 1 aromatic carbocycles. The second-order valence-electron chi connectivity index (χ2n) is 4.86. The van der Waals surface area contributed by atoms with Gasteiger partial charge in [0.05, 0.1) is 18.6 Å². The first kappa shape index (κ1) is 12.9. The Hall–Kier alpha value is -1.54. The first-order chi connectivity index (χ1) is 8.70. The van der Waals surface area contributed by atoms with E-state index in [0.29, 0.717) is 0 Å². The van der Waals surface area contributed by atoms with E-state index in [1.54, 1.807) is 6.26 Å². The maximum Gasteiger partial charge on any atom is 0.0953 e. The number of hydrogen-bond acceptors (Lipinski definition) is 2. The third kappa shape index (κ3) is 3.02. The lowest BCUT2D eigenvalue weighted by Crippen LogP contribution is -2.22. The summed E-state index contributed by atoms with van der Waals surface area (Å²) in [6.45, 7) is 7.47. The number of hydrogen-bond donors (Lipinski definition) is 1. The Kier molecular flexibility index (Phi) is 4.21. The summed E-state index contributed by atoms with van der Waals surface area (Å²) in [6, 6.07) is 8.95. The highest BCUT2D eigenvalue weighted by molar-refractivity contribution is 5.35. The summed E-state index contributed by atoms with van der Waals surface area (Å²) >= 11 is 0. The molecular weight excluding hydrogens is 222 g/mol. The highest BCUT2D eigenvalue weighted by Gasteiger charge is 2.14. The Morgan fingerprint density at radius 3 is 2.39 bits per heavy atom. The zero-order valence-corrected chi connectivity index (χ0v) is 11.4. The molecule has 0 aliphatic rings. The molecule has 2 aromatic rings. The van der Waals surface area contributed by atoms with Crippen molar-refractivity contribution < 1.29 is 4.42 Å². The largest absolute Gasteiger partial charge is 0.472 e. The van der Waals surface area contributed by atoms with E-state index in [1.807, 2.05) is 12.3 Å². The van der Waals surface area contributed by atoms with Gasteiger partial charge in [0, 0.05) is 5.56 Å². The molecule has 1 heterocycles. The summed E-state index contributed by atoms with van der Waals surface area (Å²) < 4.78 is 5.22. The van der Waals surface area contributed by atoms with Gasteiger partial charge < -0.3 is 9.73 Å². The molecule has 1 N–H and O–H groups in total. The van der Waals surface area contributed by atoms with Gasteiger partial charge in [-0.1, -0.05) is 36.2 Å². The Morgan fingerprint density at radius 2 is 1.83 bits per heavy atom. The number of aryl methyl sites for hydroxylation is 2. The van der Waals surface area contributed by atoms with Crippen molar-refractivity contribution in [3.05, 3.63) is 59.0 Å². The second kappa shape index (κ2) is 5.87. The van der Waals surface area contributed by atoms with E-state index in [4.69, 9.17) is 4.42 Å². The fourth-order valence-electron chi connectivity index (χ4n) is 2.33. The summed E-state index contributed by atoms with van der Waals surface area (Å²) in [5, 5.41) is 3.58. The van der Waals surface area contributed by atoms with Crippen molar-refractivity contribution in [1.29, 1.82) is 0 Å². The minimum absolute atomic E-state index is 0.224. The van der Waals surface area contributed by atoms with Crippen molar-refractivity contribution in [2.24, 2.45) is 0 Å². The molecule has 0 aliphatic heterocycles. The second-order valence-corrected chi connectivity index (χ2v) is 4.86. The number of benzene rings is 1. The van der Waals surface area contributed by atoms with E-state index in [2.05, 4.69) is 44.3 Å². The van der Waals surface area contributed by atoms with Crippen LogP contribution in [0.2, 0.25) is 0 Å². The lowest BCUT2D eigenvalue weighted by molar-refractivity contribution is 0.548. The number of nitrogens with one attached hydrogen (secondary N) is 1. The first-order valence-corrected chi connectivity index (χ1v) is 6.54. The molecule has 2 rings (SSSR count). The number of furan rings is 1. The van der Waals surface area contributed by atoms with Gasteiger partial charge in [-0.25, -0.2) is 0 Å². The van der Waals surface area contributed by atoms with Crippen LogP contribution in [-0.2, 0) is 0 Å². The molecule has 0 saturated carbocycles. The summed E-state index contributed by atoms with van der Waals surface area (Å²) in [6.07, 6.45) is 4.68. The molecule has 1 aromatic heterocycles. The minimum Gasteiger partial charge on any atom is -0.472 e. The maximum atomic E-state index is 5.22. The SMILES string of the molecule is CCCNC(c1ccoc1)c1cc(C)cc(C)c1. The molecule has 2 nitrogen and oxygen atoms in total. The van der Waals surface area contributed by atoms with Crippen LogP contribution in [0.3, 0.4) is 0 Å². The standard InChI is InChI=1S/C16H21NO/c1-4-6-17-16(14-5-7-18-11-14)15-9-12(2)8-13(3)10-15/h5,7-11,16-17H,4,6H2,1-3H3. The Labute approximate surface area is 109 Å². The molecule has 0 amide bonds. The van der Waals surface area contributed by atoms with Crippen molar-refractivity contribution in [3.63, 3.8) is 0 Å². The van der Waals surface area contributed by atoms with Crippen LogP contribution in [0.15, 0.2) is 41.2 Å². The minimum atomic E-state index is 0.224. The number of rotatable bonds is 5. The summed E-state index contributed by atoms with van der Waals surface area (Å²) in [7, 11) is 0. The molecule has 0 fully saturated rings. The zero-order valence-electron chi connectivity index (χ0n) is 11.4. The smallest absolute Gasteiger partial charge is 0.0953 e. The van der Waals surface area contributed by atoms with Gasteiger partial charge in [0.25, 0.3) is 0 Å². The third-order valence-corrected chi connectivity index (χ3v) is 3.05. The topological polar surface area (TPSA) is 25.2 Å². The molecule has 1 unspecified atom stereocenters. The van der Waals surface area contributed by atoms with Gasteiger partial charge in [-0.05, 0) is 38.4 Å². The van der Waals surface area contributed by atoms with Crippen LogP contribution in [0.25, 0.3) is 0 Å². The van der Waals surface area contributed by atoms with Crippen molar-refractivity contribution in [3.8, 4) is 0 Å². The Balaban J connectivity index is 2.33. The average molecular weight is 243 g/mol. The molecule has 96 valence electrons. The van der Waals surface area contributed by atoms with Gasteiger partial charge in [-0.15, -0.1) is 0 Å². The predicted molar refractivity (Wildman–Crippen MR) is 74.8 cm³/mol. The van der Waals surface area contributed by atoms with E-state index in [9.17, 15) is 0 Å². The molecule has 0 bridgehead atoms. The van der Waals surface area contributed by atoms with Crippen LogP contribution in [0.5, 0.6) is 0 Å². The van der Waals surface area contributed by atoms with Crippen molar-refractivity contribution >= 4 is 0 Å². The van der Waals surface area contributed by atoms with Gasteiger partial charge in [0.15, 0.2) is 0 Å². The molecule has 0 radical (unpaired) electrons.